The molecule has 0 aliphatic heterocycles. The van der Waals surface area contributed by atoms with E-state index >= 15 is 0 Å². The summed E-state index contributed by atoms with van der Waals surface area (Å²) in [6.45, 7) is 7.53. The Bertz CT molecular complexity index is 434. The van der Waals surface area contributed by atoms with E-state index in [1.54, 1.807) is 6.92 Å². The van der Waals surface area contributed by atoms with E-state index < -0.39 is 35.8 Å². The van der Waals surface area contributed by atoms with Gasteiger partial charge < -0.3 is 19.3 Å². The molecular formula is C20H36O7. The highest BCUT2D eigenvalue weighted by molar-refractivity contribution is 5.85. The molecule has 0 aromatic rings. The quantitative estimate of drug-likeness (QED) is 0.261. The van der Waals surface area contributed by atoms with Crippen LogP contribution in [-0.2, 0) is 28.6 Å². The number of ether oxygens (including phenoxy) is 3. The van der Waals surface area contributed by atoms with E-state index in [2.05, 4.69) is 0 Å². The van der Waals surface area contributed by atoms with Crippen molar-refractivity contribution < 1.29 is 33.7 Å². The fourth-order valence-electron chi connectivity index (χ4n) is 2.37. The molecule has 27 heavy (non-hydrogen) atoms. The smallest absolute Gasteiger partial charge is 0.310 e. The van der Waals surface area contributed by atoms with Crippen molar-refractivity contribution in [3.8, 4) is 0 Å². The summed E-state index contributed by atoms with van der Waals surface area (Å²) in [4.78, 5) is 36.6. The third-order valence-electron chi connectivity index (χ3n) is 4.13. The standard InChI is InChI=1S/C20H36O7/c1-5-7-9-11-25-19(23)16(4)17(13-18(22)27-14-15(3)21)20(24)26-12-10-8-6-2/h15-17,21H,5-14H2,1-4H3. The van der Waals surface area contributed by atoms with Crippen molar-refractivity contribution in [2.75, 3.05) is 19.8 Å². The van der Waals surface area contributed by atoms with Gasteiger partial charge in [0.05, 0.1) is 37.6 Å². The summed E-state index contributed by atoms with van der Waals surface area (Å²) in [7, 11) is 0. The number of carbonyl (C=O) groups excluding carboxylic acids is 3. The average Bonchev–Trinajstić information content (AvgIpc) is 2.64. The van der Waals surface area contributed by atoms with Gasteiger partial charge in [-0.15, -0.1) is 0 Å². The predicted octanol–water partition coefficient (Wildman–Crippen LogP) is 3.02. The van der Waals surface area contributed by atoms with Gasteiger partial charge in [0, 0.05) is 0 Å². The van der Waals surface area contributed by atoms with Crippen LogP contribution in [0.1, 0.15) is 72.6 Å². The van der Waals surface area contributed by atoms with Crippen LogP contribution in [0.15, 0.2) is 0 Å². The van der Waals surface area contributed by atoms with Crippen LogP contribution >= 0.6 is 0 Å². The molecule has 0 bridgehead atoms. The van der Waals surface area contributed by atoms with Gasteiger partial charge in [0.2, 0.25) is 0 Å². The zero-order valence-electron chi connectivity index (χ0n) is 17.2. The van der Waals surface area contributed by atoms with Crippen molar-refractivity contribution in [2.24, 2.45) is 11.8 Å². The van der Waals surface area contributed by atoms with E-state index in [9.17, 15) is 19.5 Å². The molecule has 1 N–H and O–H groups in total. The molecule has 0 aromatic heterocycles. The minimum atomic E-state index is -0.966. The summed E-state index contributed by atoms with van der Waals surface area (Å²) in [6.07, 6.45) is 4.30. The number of hydrogen-bond acceptors (Lipinski definition) is 7. The lowest BCUT2D eigenvalue weighted by Crippen LogP contribution is -2.33. The molecule has 0 saturated carbocycles. The zero-order valence-corrected chi connectivity index (χ0v) is 17.2. The highest BCUT2D eigenvalue weighted by Gasteiger charge is 2.35. The van der Waals surface area contributed by atoms with E-state index in [1.165, 1.54) is 6.92 Å². The lowest BCUT2D eigenvalue weighted by molar-refractivity contribution is -0.164. The van der Waals surface area contributed by atoms with Crippen LogP contribution in [0, 0.1) is 11.8 Å². The Morgan fingerprint density at radius 2 is 1.33 bits per heavy atom. The maximum atomic E-state index is 12.4. The van der Waals surface area contributed by atoms with Crippen LogP contribution < -0.4 is 0 Å². The molecule has 0 spiro atoms. The molecule has 0 aromatic carbocycles. The van der Waals surface area contributed by atoms with Crippen molar-refractivity contribution in [2.45, 2.75) is 78.7 Å². The Morgan fingerprint density at radius 1 is 0.815 bits per heavy atom. The summed E-state index contributed by atoms with van der Waals surface area (Å²) in [5.41, 5.74) is 0. The van der Waals surface area contributed by atoms with Crippen LogP contribution in [0.2, 0.25) is 0 Å². The van der Waals surface area contributed by atoms with Gasteiger partial charge in [0.1, 0.15) is 6.61 Å². The van der Waals surface area contributed by atoms with Gasteiger partial charge in [-0.1, -0.05) is 46.5 Å². The van der Waals surface area contributed by atoms with E-state index in [-0.39, 0.29) is 19.6 Å². The maximum Gasteiger partial charge on any atom is 0.310 e. The first kappa shape index (κ1) is 25.4. The van der Waals surface area contributed by atoms with Crippen LogP contribution in [-0.4, -0.2) is 48.9 Å². The Morgan fingerprint density at radius 3 is 1.81 bits per heavy atom. The minimum absolute atomic E-state index is 0.160. The Kier molecular flexibility index (Phi) is 14.5. The van der Waals surface area contributed by atoms with Gasteiger partial charge in [-0.2, -0.15) is 0 Å². The first-order valence-electron chi connectivity index (χ1n) is 10.00. The van der Waals surface area contributed by atoms with Gasteiger partial charge in [-0.05, 0) is 19.8 Å². The fourth-order valence-corrected chi connectivity index (χ4v) is 2.37. The van der Waals surface area contributed by atoms with E-state index in [0.29, 0.717) is 6.61 Å². The van der Waals surface area contributed by atoms with Gasteiger partial charge in [0.25, 0.3) is 0 Å². The van der Waals surface area contributed by atoms with Crippen LogP contribution in [0.3, 0.4) is 0 Å². The summed E-state index contributed by atoms with van der Waals surface area (Å²) in [6, 6.07) is 0. The van der Waals surface area contributed by atoms with Crippen molar-refractivity contribution in [3.63, 3.8) is 0 Å². The number of unbranched alkanes of at least 4 members (excludes halogenated alkanes) is 4. The molecule has 0 fully saturated rings. The second-order valence-electron chi connectivity index (χ2n) is 6.88. The normalized spacial score (nSPS) is 14.1. The molecule has 0 aliphatic carbocycles. The first-order valence-corrected chi connectivity index (χ1v) is 10.00. The lowest BCUT2D eigenvalue weighted by Gasteiger charge is -2.21. The molecule has 0 amide bonds. The molecule has 7 heteroatoms. The molecule has 3 unspecified atom stereocenters. The number of hydrogen-bond donors (Lipinski definition) is 1. The lowest BCUT2D eigenvalue weighted by atomic mass is 9.91. The van der Waals surface area contributed by atoms with Gasteiger partial charge >= 0.3 is 17.9 Å². The van der Waals surface area contributed by atoms with E-state index in [1.807, 2.05) is 13.8 Å². The highest BCUT2D eigenvalue weighted by Crippen LogP contribution is 2.21. The Balaban J connectivity index is 4.79. The third kappa shape index (κ3) is 12.4. The minimum Gasteiger partial charge on any atom is -0.465 e. The van der Waals surface area contributed by atoms with Gasteiger partial charge in [-0.3, -0.25) is 14.4 Å². The number of aliphatic hydroxyl groups excluding tert-OH is 1. The molecule has 0 rings (SSSR count). The summed E-state index contributed by atoms with van der Waals surface area (Å²) in [5.74, 6) is -3.56. The van der Waals surface area contributed by atoms with Crippen molar-refractivity contribution >= 4 is 17.9 Å². The van der Waals surface area contributed by atoms with Crippen LogP contribution in [0.25, 0.3) is 0 Å². The molecule has 3 atom stereocenters. The third-order valence-corrected chi connectivity index (χ3v) is 4.13. The second-order valence-corrected chi connectivity index (χ2v) is 6.88. The molecule has 7 nitrogen and oxygen atoms in total. The van der Waals surface area contributed by atoms with Crippen molar-refractivity contribution in [1.29, 1.82) is 0 Å². The average molecular weight is 389 g/mol. The second kappa shape index (κ2) is 15.4. The maximum absolute atomic E-state index is 12.4. The molecule has 0 aliphatic rings. The van der Waals surface area contributed by atoms with Crippen LogP contribution in [0.5, 0.6) is 0 Å². The SMILES string of the molecule is CCCCCOC(=O)C(C)C(CC(=O)OCC(C)O)C(=O)OCCCCC. The van der Waals surface area contributed by atoms with Crippen molar-refractivity contribution in [3.05, 3.63) is 0 Å². The molecule has 158 valence electrons. The molecular weight excluding hydrogens is 352 g/mol. The topological polar surface area (TPSA) is 99.1 Å². The Labute approximate surface area is 162 Å². The number of carbonyl (C=O) groups is 3. The summed E-state index contributed by atoms with van der Waals surface area (Å²) < 4.78 is 15.4. The molecule has 0 radical (unpaired) electrons. The largest absolute Gasteiger partial charge is 0.465 e. The fraction of sp³-hybridized carbons (Fsp3) is 0.850. The summed E-state index contributed by atoms with van der Waals surface area (Å²) in [5, 5.41) is 9.21. The Hall–Kier alpha value is -1.63. The highest BCUT2D eigenvalue weighted by atomic mass is 16.5. The zero-order chi connectivity index (χ0) is 20.7. The van der Waals surface area contributed by atoms with Crippen LogP contribution in [0.4, 0.5) is 0 Å². The van der Waals surface area contributed by atoms with Gasteiger partial charge in [-0.25, -0.2) is 0 Å². The number of aliphatic hydroxyl groups is 1. The predicted molar refractivity (Wildman–Crippen MR) is 101 cm³/mol. The van der Waals surface area contributed by atoms with Crippen molar-refractivity contribution in [1.82, 2.24) is 0 Å². The van der Waals surface area contributed by atoms with Gasteiger partial charge in [0.15, 0.2) is 0 Å². The number of rotatable bonds is 15. The monoisotopic (exact) mass is 388 g/mol. The molecule has 0 saturated heterocycles. The molecule has 0 heterocycles. The van der Waals surface area contributed by atoms with E-state index in [4.69, 9.17) is 14.2 Å². The van der Waals surface area contributed by atoms with E-state index in [0.717, 1.165) is 38.5 Å². The number of esters is 3. The summed E-state index contributed by atoms with van der Waals surface area (Å²) >= 11 is 0. The first-order chi connectivity index (χ1) is 12.8.